The van der Waals surface area contributed by atoms with Crippen LogP contribution >= 0.6 is 11.6 Å². The lowest BCUT2D eigenvalue weighted by Gasteiger charge is -2.30. The van der Waals surface area contributed by atoms with Crippen LogP contribution in [0.15, 0.2) is 60.2 Å². The summed E-state index contributed by atoms with van der Waals surface area (Å²) in [6, 6.07) is 13.1. The van der Waals surface area contributed by atoms with E-state index in [1.54, 1.807) is 36.4 Å². The summed E-state index contributed by atoms with van der Waals surface area (Å²) in [5, 5.41) is 2.33. The summed E-state index contributed by atoms with van der Waals surface area (Å²) in [6.45, 7) is 3.41. The lowest BCUT2D eigenvalue weighted by Crippen LogP contribution is -2.52. The molecule has 32 heavy (non-hydrogen) atoms. The molecule has 0 radical (unpaired) electrons. The Balaban J connectivity index is 1.68. The maximum atomic E-state index is 13.4. The highest BCUT2D eigenvalue weighted by Gasteiger charge is 2.51. The predicted octanol–water partition coefficient (Wildman–Crippen LogP) is 4.23. The van der Waals surface area contributed by atoms with Gasteiger partial charge < -0.3 is 0 Å². The third-order valence-electron chi connectivity index (χ3n) is 6.03. The fourth-order valence-corrected chi connectivity index (χ4v) is 4.33. The number of aryl methyl sites for hydroxylation is 1. The standard InChI is InChI=1S/C25H23ClN2O4/c1-15-3-6-17(7-4-15)22(29)14-27(23(30)18-8-10-19(26)11-9-18)28-24(31)20-12-5-16(2)13-21(20)25(28)32/h3-11,20-21H,12-14H2,1-2H3/t20-,21-/m1/s1. The van der Waals surface area contributed by atoms with Crippen LogP contribution in [0.4, 0.5) is 0 Å². The number of carbonyl (C=O) groups excluding carboxylic acids is 4. The van der Waals surface area contributed by atoms with Gasteiger partial charge in [0, 0.05) is 16.1 Å². The molecular formula is C25H23ClN2O4. The molecule has 2 aromatic rings. The summed E-state index contributed by atoms with van der Waals surface area (Å²) in [5.41, 5.74) is 2.67. The van der Waals surface area contributed by atoms with Gasteiger partial charge in [-0.25, -0.2) is 5.01 Å². The molecule has 0 spiro atoms. The predicted molar refractivity (Wildman–Crippen MR) is 120 cm³/mol. The van der Waals surface area contributed by atoms with Crippen molar-refractivity contribution in [3.8, 4) is 0 Å². The Morgan fingerprint density at radius 1 is 0.938 bits per heavy atom. The molecular weight excluding hydrogens is 428 g/mol. The van der Waals surface area contributed by atoms with Crippen LogP contribution in [0.5, 0.6) is 0 Å². The molecule has 2 atom stereocenters. The molecule has 7 heteroatoms. The summed E-state index contributed by atoms with van der Waals surface area (Å²) >= 11 is 5.94. The van der Waals surface area contributed by atoms with Crippen molar-refractivity contribution >= 4 is 35.1 Å². The van der Waals surface area contributed by atoms with Crippen LogP contribution < -0.4 is 0 Å². The van der Waals surface area contributed by atoms with Crippen LogP contribution in [0.2, 0.25) is 5.02 Å². The molecule has 1 heterocycles. The number of hydrogen-bond donors (Lipinski definition) is 0. The molecule has 1 aliphatic carbocycles. The van der Waals surface area contributed by atoms with Crippen molar-refractivity contribution in [3.05, 3.63) is 81.9 Å². The van der Waals surface area contributed by atoms with Crippen molar-refractivity contribution in [1.29, 1.82) is 0 Å². The second kappa shape index (κ2) is 8.71. The van der Waals surface area contributed by atoms with Gasteiger partial charge in [0.25, 0.3) is 17.7 Å². The van der Waals surface area contributed by atoms with Crippen LogP contribution in [-0.4, -0.2) is 40.1 Å². The fraction of sp³-hybridized carbons (Fsp3) is 0.280. The maximum Gasteiger partial charge on any atom is 0.273 e. The Hall–Kier alpha value is -3.25. The second-order valence-corrected chi connectivity index (χ2v) is 8.79. The van der Waals surface area contributed by atoms with Crippen molar-refractivity contribution in [1.82, 2.24) is 10.0 Å². The van der Waals surface area contributed by atoms with Crippen LogP contribution in [0.25, 0.3) is 0 Å². The average molecular weight is 451 g/mol. The molecule has 0 bridgehead atoms. The monoisotopic (exact) mass is 450 g/mol. The first-order valence-electron chi connectivity index (χ1n) is 10.5. The van der Waals surface area contributed by atoms with Gasteiger partial charge in [-0.15, -0.1) is 0 Å². The van der Waals surface area contributed by atoms with Gasteiger partial charge in [-0.1, -0.05) is 53.1 Å². The number of benzene rings is 2. The highest BCUT2D eigenvalue weighted by molar-refractivity contribution is 6.30. The molecule has 164 valence electrons. The van der Waals surface area contributed by atoms with Gasteiger partial charge >= 0.3 is 0 Å². The van der Waals surface area contributed by atoms with E-state index in [2.05, 4.69) is 0 Å². The largest absolute Gasteiger partial charge is 0.292 e. The second-order valence-electron chi connectivity index (χ2n) is 8.35. The Kier molecular flexibility index (Phi) is 5.98. The van der Waals surface area contributed by atoms with Crippen molar-refractivity contribution in [3.63, 3.8) is 0 Å². The first-order chi connectivity index (χ1) is 15.3. The van der Waals surface area contributed by atoms with Crippen LogP contribution in [0, 0.1) is 18.8 Å². The summed E-state index contributed by atoms with van der Waals surface area (Å²) < 4.78 is 0. The number of halogens is 1. The molecule has 0 saturated carbocycles. The highest BCUT2D eigenvalue weighted by atomic mass is 35.5. The van der Waals surface area contributed by atoms with E-state index >= 15 is 0 Å². The molecule has 1 aliphatic heterocycles. The van der Waals surface area contributed by atoms with Crippen LogP contribution in [0.1, 0.15) is 46.0 Å². The zero-order chi connectivity index (χ0) is 23.0. The molecule has 4 rings (SSSR count). The normalized spacial score (nSPS) is 20.1. The Bertz CT molecular complexity index is 1120. The summed E-state index contributed by atoms with van der Waals surface area (Å²) in [6.07, 6.45) is 2.88. The van der Waals surface area contributed by atoms with Crippen molar-refractivity contribution < 1.29 is 19.2 Å². The van der Waals surface area contributed by atoms with Crippen molar-refractivity contribution in [2.24, 2.45) is 11.8 Å². The molecule has 2 aliphatic rings. The van der Waals surface area contributed by atoms with Gasteiger partial charge in [-0.3, -0.25) is 19.2 Å². The first kappa shape index (κ1) is 22.0. The van der Waals surface area contributed by atoms with E-state index in [4.69, 9.17) is 11.6 Å². The lowest BCUT2D eigenvalue weighted by atomic mass is 9.82. The minimum absolute atomic E-state index is 0.232. The zero-order valence-electron chi connectivity index (χ0n) is 17.9. The number of Topliss-reactive ketones (excluding diaryl/α,β-unsaturated/α-hetero) is 1. The number of imide groups is 1. The molecule has 0 unspecified atom stereocenters. The molecule has 1 fully saturated rings. The minimum atomic E-state index is -0.604. The minimum Gasteiger partial charge on any atom is -0.292 e. The topological polar surface area (TPSA) is 74.8 Å². The Morgan fingerprint density at radius 2 is 1.53 bits per heavy atom. The number of hydrogen-bond acceptors (Lipinski definition) is 4. The van der Waals surface area contributed by atoms with E-state index in [0.29, 0.717) is 23.4 Å². The van der Waals surface area contributed by atoms with Gasteiger partial charge in [0.2, 0.25) is 0 Å². The van der Waals surface area contributed by atoms with E-state index in [1.807, 2.05) is 19.9 Å². The Labute approximate surface area is 191 Å². The number of amides is 3. The number of allylic oxidation sites excluding steroid dienone is 2. The number of rotatable bonds is 5. The highest BCUT2D eigenvalue weighted by Crippen LogP contribution is 2.38. The van der Waals surface area contributed by atoms with E-state index in [1.165, 1.54) is 12.1 Å². The number of nitrogens with zero attached hydrogens (tertiary/aromatic N) is 2. The van der Waals surface area contributed by atoms with E-state index in [0.717, 1.165) is 21.2 Å². The number of fused-ring (bicyclic) bond motifs is 1. The van der Waals surface area contributed by atoms with Crippen molar-refractivity contribution in [2.45, 2.75) is 26.7 Å². The van der Waals surface area contributed by atoms with Gasteiger partial charge in [0.1, 0.15) is 6.54 Å². The molecule has 2 aromatic carbocycles. The van der Waals surface area contributed by atoms with E-state index in [9.17, 15) is 19.2 Å². The molecule has 6 nitrogen and oxygen atoms in total. The number of ketones is 1. The summed E-state index contributed by atoms with van der Waals surface area (Å²) in [5.74, 6) is -2.87. The Morgan fingerprint density at radius 3 is 2.19 bits per heavy atom. The van der Waals surface area contributed by atoms with Crippen LogP contribution in [-0.2, 0) is 9.59 Å². The number of carbonyl (C=O) groups is 4. The summed E-state index contributed by atoms with van der Waals surface area (Å²) in [7, 11) is 0. The van der Waals surface area contributed by atoms with E-state index in [-0.39, 0.29) is 11.3 Å². The van der Waals surface area contributed by atoms with Crippen molar-refractivity contribution in [2.75, 3.05) is 6.54 Å². The quantitative estimate of drug-likeness (QED) is 0.388. The molecule has 3 amide bonds. The van der Waals surface area contributed by atoms with Crippen LogP contribution in [0.3, 0.4) is 0 Å². The number of hydrazine groups is 1. The SMILES string of the molecule is CC1=CC[C@H]2C(=O)N(N(CC(=O)c3ccc(C)cc3)C(=O)c3ccc(Cl)cc3)C(=O)[C@@H]2C1. The molecule has 0 N–H and O–H groups in total. The van der Waals surface area contributed by atoms with E-state index < -0.39 is 36.1 Å². The third kappa shape index (κ3) is 4.10. The summed E-state index contributed by atoms with van der Waals surface area (Å²) in [4.78, 5) is 52.9. The average Bonchev–Trinajstić information content (AvgIpc) is 3.02. The third-order valence-corrected chi connectivity index (χ3v) is 6.29. The molecule has 1 saturated heterocycles. The zero-order valence-corrected chi connectivity index (χ0v) is 18.6. The van der Waals surface area contributed by atoms with Gasteiger partial charge in [-0.2, -0.15) is 5.01 Å². The van der Waals surface area contributed by atoms with Gasteiger partial charge in [0.15, 0.2) is 5.78 Å². The smallest absolute Gasteiger partial charge is 0.273 e. The first-order valence-corrected chi connectivity index (χ1v) is 10.8. The van der Waals surface area contributed by atoms with Gasteiger partial charge in [0.05, 0.1) is 11.8 Å². The molecule has 0 aromatic heterocycles. The van der Waals surface area contributed by atoms with Gasteiger partial charge in [-0.05, 0) is 51.0 Å². The fourth-order valence-electron chi connectivity index (χ4n) is 4.20. The lowest BCUT2D eigenvalue weighted by molar-refractivity contribution is -0.154. The maximum absolute atomic E-state index is 13.4.